The average Bonchev–Trinajstić information content (AvgIpc) is 2.26. The van der Waals surface area contributed by atoms with Crippen molar-refractivity contribution in [2.75, 3.05) is 6.54 Å². The Kier molecular flexibility index (Phi) is 20.1. The molecule has 0 aromatic heterocycles. The maximum absolute atomic E-state index is 9.44. The van der Waals surface area contributed by atoms with Crippen LogP contribution in [0.25, 0.3) is 0 Å². The lowest BCUT2D eigenvalue weighted by molar-refractivity contribution is -0.114. The van der Waals surface area contributed by atoms with Crippen LogP contribution >= 0.6 is 0 Å². The predicted octanol–water partition coefficient (Wildman–Crippen LogP) is 4.46. The monoisotopic (exact) mass is 243 g/mol. The van der Waals surface area contributed by atoms with Gasteiger partial charge in [0.15, 0.2) is 0 Å². The highest BCUT2D eigenvalue weighted by molar-refractivity contribution is 5.72. The van der Waals surface area contributed by atoms with E-state index < -0.39 is 0 Å². The van der Waals surface area contributed by atoms with Gasteiger partial charge in [-0.15, -0.1) is 0 Å². The van der Waals surface area contributed by atoms with E-state index >= 15 is 0 Å². The van der Waals surface area contributed by atoms with Gasteiger partial charge in [0.1, 0.15) is 5.78 Å². The van der Waals surface area contributed by atoms with Gasteiger partial charge in [0, 0.05) is 0 Å². The van der Waals surface area contributed by atoms with Crippen molar-refractivity contribution in [2.24, 2.45) is 5.73 Å². The summed E-state index contributed by atoms with van der Waals surface area (Å²) in [7, 11) is 0. The standard InChI is InChI=1S/C12H27N.C3H6O/c1-2-3-4-5-6-7-8-9-10-11-12-13;1-3(2)4/h2-13H2,1H3;1-2H3. The van der Waals surface area contributed by atoms with Gasteiger partial charge in [0.2, 0.25) is 0 Å². The number of hydrogen-bond acceptors (Lipinski definition) is 2. The Labute approximate surface area is 108 Å². The van der Waals surface area contributed by atoms with Gasteiger partial charge in [-0.1, -0.05) is 64.7 Å². The summed E-state index contributed by atoms with van der Waals surface area (Å²) in [6.45, 7) is 6.20. The predicted molar refractivity (Wildman–Crippen MR) is 77.3 cm³/mol. The van der Waals surface area contributed by atoms with E-state index in [4.69, 9.17) is 5.73 Å². The maximum atomic E-state index is 9.44. The second kappa shape index (κ2) is 18.0. The first-order chi connectivity index (χ1) is 8.15. The van der Waals surface area contributed by atoms with Crippen molar-refractivity contribution in [3.05, 3.63) is 0 Å². The van der Waals surface area contributed by atoms with Gasteiger partial charge in [-0.2, -0.15) is 0 Å². The van der Waals surface area contributed by atoms with Crippen LogP contribution in [0.4, 0.5) is 0 Å². The topological polar surface area (TPSA) is 43.1 Å². The summed E-state index contributed by atoms with van der Waals surface area (Å²) in [6, 6.07) is 0. The van der Waals surface area contributed by atoms with Crippen molar-refractivity contribution in [1.29, 1.82) is 0 Å². The van der Waals surface area contributed by atoms with E-state index in [0.717, 1.165) is 6.54 Å². The molecule has 2 nitrogen and oxygen atoms in total. The first kappa shape index (κ1) is 19.0. The lowest BCUT2D eigenvalue weighted by Gasteiger charge is -2.00. The summed E-state index contributed by atoms with van der Waals surface area (Å²) in [5, 5.41) is 0. The van der Waals surface area contributed by atoms with Crippen LogP contribution in [0.15, 0.2) is 0 Å². The summed E-state index contributed by atoms with van der Waals surface area (Å²) < 4.78 is 0. The zero-order chi connectivity index (χ0) is 13.4. The van der Waals surface area contributed by atoms with Crippen molar-refractivity contribution in [3.63, 3.8) is 0 Å². The Morgan fingerprint density at radius 3 is 1.35 bits per heavy atom. The van der Waals surface area contributed by atoms with Crippen LogP contribution in [0.1, 0.15) is 85.0 Å². The summed E-state index contributed by atoms with van der Waals surface area (Å²) in [6.07, 6.45) is 13.9. The molecule has 0 aliphatic heterocycles. The molecule has 0 heterocycles. The minimum Gasteiger partial charge on any atom is -0.330 e. The molecule has 0 aromatic rings. The average molecular weight is 243 g/mol. The Hall–Kier alpha value is -0.370. The fourth-order valence-corrected chi connectivity index (χ4v) is 1.63. The zero-order valence-electron chi connectivity index (χ0n) is 12.3. The van der Waals surface area contributed by atoms with Crippen molar-refractivity contribution >= 4 is 5.78 Å². The number of nitrogens with two attached hydrogens (primary N) is 1. The quantitative estimate of drug-likeness (QED) is 0.576. The lowest BCUT2D eigenvalue weighted by atomic mass is 10.1. The van der Waals surface area contributed by atoms with Crippen molar-refractivity contribution in [3.8, 4) is 0 Å². The molecule has 2 N–H and O–H groups in total. The highest BCUT2D eigenvalue weighted by Crippen LogP contribution is 2.09. The van der Waals surface area contributed by atoms with Crippen LogP contribution in [0, 0.1) is 0 Å². The number of Topliss-reactive ketones (excluding diaryl/α,β-unsaturated/α-hetero) is 1. The molecular formula is C15H33NO. The molecule has 0 rings (SSSR count). The molecule has 0 radical (unpaired) electrons. The second-order valence-electron chi connectivity index (χ2n) is 4.88. The molecule has 0 bridgehead atoms. The van der Waals surface area contributed by atoms with Gasteiger partial charge in [-0.25, -0.2) is 0 Å². The molecule has 0 atom stereocenters. The summed E-state index contributed by atoms with van der Waals surface area (Å²) in [5.41, 5.74) is 5.42. The van der Waals surface area contributed by atoms with Gasteiger partial charge in [0.05, 0.1) is 0 Å². The fraction of sp³-hybridized carbons (Fsp3) is 0.933. The van der Waals surface area contributed by atoms with Gasteiger partial charge < -0.3 is 10.5 Å². The SMILES string of the molecule is CC(C)=O.CCCCCCCCCCCCN. The van der Waals surface area contributed by atoms with E-state index in [9.17, 15) is 4.79 Å². The third kappa shape index (κ3) is 31.3. The van der Waals surface area contributed by atoms with E-state index in [1.807, 2.05) is 0 Å². The van der Waals surface area contributed by atoms with E-state index in [1.165, 1.54) is 78.1 Å². The molecule has 17 heavy (non-hydrogen) atoms. The van der Waals surface area contributed by atoms with Crippen LogP contribution in [0.3, 0.4) is 0 Å². The summed E-state index contributed by atoms with van der Waals surface area (Å²) >= 11 is 0. The number of hydrogen-bond donors (Lipinski definition) is 1. The van der Waals surface area contributed by atoms with Crippen LogP contribution in [-0.2, 0) is 4.79 Å². The Morgan fingerprint density at radius 1 is 0.765 bits per heavy atom. The van der Waals surface area contributed by atoms with Crippen LogP contribution in [0.5, 0.6) is 0 Å². The second-order valence-corrected chi connectivity index (χ2v) is 4.88. The minimum absolute atomic E-state index is 0.167. The normalized spacial score (nSPS) is 9.65. The molecule has 0 amide bonds. The molecule has 0 fully saturated rings. The molecule has 0 saturated carbocycles. The number of ketones is 1. The third-order valence-corrected chi connectivity index (χ3v) is 2.56. The zero-order valence-corrected chi connectivity index (χ0v) is 12.3. The first-order valence-electron chi connectivity index (χ1n) is 7.32. The highest BCUT2D eigenvalue weighted by Gasteiger charge is 1.91. The Morgan fingerprint density at radius 2 is 1.06 bits per heavy atom. The summed E-state index contributed by atoms with van der Waals surface area (Å²) in [4.78, 5) is 9.44. The van der Waals surface area contributed by atoms with Gasteiger partial charge >= 0.3 is 0 Å². The van der Waals surface area contributed by atoms with Crippen LogP contribution < -0.4 is 5.73 Å². The molecular weight excluding hydrogens is 210 g/mol. The van der Waals surface area contributed by atoms with Gasteiger partial charge in [-0.05, 0) is 26.8 Å². The molecule has 0 aromatic carbocycles. The third-order valence-electron chi connectivity index (χ3n) is 2.56. The summed E-state index contributed by atoms with van der Waals surface area (Å²) in [5.74, 6) is 0.167. The molecule has 0 aliphatic rings. The van der Waals surface area contributed by atoms with Crippen LogP contribution in [-0.4, -0.2) is 12.3 Å². The lowest BCUT2D eigenvalue weighted by Crippen LogP contribution is -1.97. The van der Waals surface area contributed by atoms with E-state index in [1.54, 1.807) is 0 Å². The van der Waals surface area contributed by atoms with Gasteiger partial charge in [-0.3, -0.25) is 0 Å². The number of rotatable bonds is 10. The van der Waals surface area contributed by atoms with Crippen LogP contribution in [0.2, 0.25) is 0 Å². The largest absolute Gasteiger partial charge is 0.330 e. The van der Waals surface area contributed by atoms with E-state index in [2.05, 4.69) is 6.92 Å². The van der Waals surface area contributed by atoms with E-state index in [0.29, 0.717) is 0 Å². The maximum Gasteiger partial charge on any atom is 0.126 e. The van der Waals surface area contributed by atoms with Crippen molar-refractivity contribution in [1.82, 2.24) is 0 Å². The Balaban J connectivity index is 0. The van der Waals surface area contributed by atoms with E-state index in [-0.39, 0.29) is 5.78 Å². The first-order valence-corrected chi connectivity index (χ1v) is 7.32. The molecule has 0 spiro atoms. The highest BCUT2D eigenvalue weighted by atomic mass is 16.1. The molecule has 0 aliphatic carbocycles. The minimum atomic E-state index is 0.167. The van der Waals surface area contributed by atoms with Gasteiger partial charge in [0.25, 0.3) is 0 Å². The fourth-order valence-electron chi connectivity index (χ4n) is 1.63. The molecule has 2 heteroatoms. The molecule has 0 unspecified atom stereocenters. The smallest absolute Gasteiger partial charge is 0.126 e. The molecule has 104 valence electrons. The number of carbonyl (C=O) groups is 1. The Bertz CT molecular complexity index is 132. The number of carbonyl (C=O) groups excluding carboxylic acids is 1. The number of unbranched alkanes of at least 4 members (excludes halogenated alkanes) is 9. The van der Waals surface area contributed by atoms with Crippen molar-refractivity contribution in [2.45, 2.75) is 85.0 Å². The molecule has 0 saturated heterocycles. The van der Waals surface area contributed by atoms with Crippen molar-refractivity contribution < 1.29 is 4.79 Å².